The summed E-state index contributed by atoms with van der Waals surface area (Å²) in [5.74, 6) is -3.36. The Labute approximate surface area is 217 Å². The molecule has 1 saturated carbocycles. The van der Waals surface area contributed by atoms with Gasteiger partial charge >= 0.3 is 0 Å². The van der Waals surface area contributed by atoms with Gasteiger partial charge in [-0.2, -0.15) is 0 Å². The SMILES string of the molecule is C[C@H](NC(=O)[C@@H](O)c1cc(F)cc(F)c1)C(=O)Nc1ncc(-c2ccccc2COC2CCCCC2)s1. The normalized spacial score (nSPS) is 15.7. The molecule has 1 heterocycles. The summed E-state index contributed by atoms with van der Waals surface area (Å²) in [5, 5.41) is 15.5. The largest absolute Gasteiger partial charge is 0.378 e. The molecule has 10 heteroatoms. The first-order chi connectivity index (χ1) is 17.8. The lowest BCUT2D eigenvalue weighted by atomic mass is 9.97. The molecule has 2 aromatic carbocycles. The van der Waals surface area contributed by atoms with Crippen LogP contribution in [0.1, 0.15) is 56.3 Å². The minimum Gasteiger partial charge on any atom is -0.378 e. The van der Waals surface area contributed by atoms with Gasteiger partial charge in [0.05, 0.1) is 17.6 Å². The monoisotopic (exact) mass is 529 g/mol. The van der Waals surface area contributed by atoms with E-state index in [1.165, 1.54) is 37.5 Å². The number of anilines is 1. The summed E-state index contributed by atoms with van der Waals surface area (Å²) in [7, 11) is 0. The maximum atomic E-state index is 13.4. The zero-order valence-corrected chi connectivity index (χ0v) is 21.2. The van der Waals surface area contributed by atoms with Crippen molar-refractivity contribution >= 4 is 28.3 Å². The van der Waals surface area contributed by atoms with Crippen LogP contribution in [0.2, 0.25) is 0 Å². The van der Waals surface area contributed by atoms with E-state index in [0.29, 0.717) is 17.8 Å². The number of aliphatic hydroxyl groups excluding tert-OH is 1. The molecule has 0 saturated heterocycles. The summed E-state index contributed by atoms with van der Waals surface area (Å²) in [6, 6.07) is 9.20. The van der Waals surface area contributed by atoms with Crippen LogP contribution in [0.4, 0.5) is 13.9 Å². The predicted octanol–water partition coefficient (Wildman–Crippen LogP) is 5.11. The van der Waals surface area contributed by atoms with Gasteiger partial charge < -0.3 is 20.5 Å². The fourth-order valence-corrected chi connectivity index (χ4v) is 5.12. The van der Waals surface area contributed by atoms with Crippen LogP contribution in [0.15, 0.2) is 48.7 Å². The van der Waals surface area contributed by atoms with Gasteiger partial charge in [0.2, 0.25) is 5.91 Å². The molecule has 3 N–H and O–H groups in total. The summed E-state index contributed by atoms with van der Waals surface area (Å²) in [6.45, 7) is 1.93. The van der Waals surface area contributed by atoms with Crippen molar-refractivity contribution in [2.45, 2.75) is 63.9 Å². The van der Waals surface area contributed by atoms with E-state index in [9.17, 15) is 23.5 Å². The fraction of sp³-hybridized carbons (Fsp3) is 0.370. The van der Waals surface area contributed by atoms with E-state index < -0.39 is 35.6 Å². The lowest BCUT2D eigenvalue weighted by molar-refractivity contribution is -0.132. The van der Waals surface area contributed by atoms with Crippen LogP contribution in [0.5, 0.6) is 0 Å². The zero-order chi connectivity index (χ0) is 26.4. The number of carbonyl (C=O) groups is 2. The number of aliphatic hydroxyl groups is 1. The lowest BCUT2D eigenvalue weighted by Gasteiger charge is -2.22. The minimum absolute atomic E-state index is 0.252. The highest BCUT2D eigenvalue weighted by molar-refractivity contribution is 7.19. The second kappa shape index (κ2) is 12.4. The van der Waals surface area contributed by atoms with Crippen molar-refractivity contribution < 1.29 is 28.2 Å². The molecule has 37 heavy (non-hydrogen) atoms. The number of rotatable bonds is 9. The van der Waals surface area contributed by atoms with Crippen LogP contribution in [-0.2, 0) is 20.9 Å². The molecule has 2 amide bonds. The molecule has 0 spiro atoms. The number of benzene rings is 2. The summed E-state index contributed by atoms with van der Waals surface area (Å²) in [4.78, 5) is 30.1. The molecule has 0 aliphatic heterocycles. The molecule has 1 aromatic heterocycles. The lowest BCUT2D eigenvalue weighted by Crippen LogP contribution is -2.43. The minimum atomic E-state index is -1.83. The average molecular weight is 530 g/mol. The third kappa shape index (κ3) is 7.18. The van der Waals surface area contributed by atoms with Crippen LogP contribution >= 0.6 is 11.3 Å². The van der Waals surface area contributed by atoms with Crippen LogP contribution in [0.25, 0.3) is 10.4 Å². The first-order valence-electron chi connectivity index (χ1n) is 12.2. The molecule has 1 fully saturated rings. The Morgan fingerprint density at radius 2 is 1.81 bits per heavy atom. The second-order valence-corrected chi connectivity index (χ2v) is 10.1. The van der Waals surface area contributed by atoms with E-state index in [1.54, 1.807) is 6.20 Å². The number of hydrogen-bond donors (Lipinski definition) is 3. The third-order valence-corrected chi connectivity index (χ3v) is 7.19. The van der Waals surface area contributed by atoms with E-state index in [1.807, 2.05) is 24.3 Å². The number of carbonyl (C=O) groups excluding carboxylic acids is 2. The molecule has 7 nitrogen and oxygen atoms in total. The highest BCUT2D eigenvalue weighted by Crippen LogP contribution is 2.32. The first kappa shape index (κ1) is 26.8. The highest BCUT2D eigenvalue weighted by Gasteiger charge is 2.24. The van der Waals surface area contributed by atoms with Gasteiger partial charge in [-0.3, -0.25) is 9.59 Å². The van der Waals surface area contributed by atoms with Gasteiger partial charge in [0.1, 0.15) is 17.7 Å². The van der Waals surface area contributed by atoms with Crippen LogP contribution in [0.3, 0.4) is 0 Å². The molecule has 0 radical (unpaired) electrons. The molecule has 1 aliphatic carbocycles. The standard InChI is InChI=1S/C27H29F2N3O4S/c1-16(31-26(35)24(33)18-11-19(28)13-20(29)12-18)25(34)32-27-30-14-23(37-27)22-10-6-5-7-17(22)15-36-21-8-3-2-4-9-21/h5-7,10-14,16,21,24,33H,2-4,8-9,15H2,1H3,(H,31,35)(H,30,32,34)/t16-,24-/m0/s1. The maximum absolute atomic E-state index is 13.4. The van der Waals surface area contributed by atoms with Crippen molar-refractivity contribution in [2.24, 2.45) is 0 Å². The smallest absolute Gasteiger partial charge is 0.254 e. The third-order valence-electron chi connectivity index (χ3n) is 6.25. The number of nitrogens with zero attached hydrogens (tertiary/aromatic N) is 1. The Bertz CT molecular complexity index is 1230. The van der Waals surface area contributed by atoms with Crippen LogP contribution in [0, 0.1) is 11.6 Å². The molecule has 1 aliphatic rings. The molecular formula is C27H29F2N3O4S. The van der Waals surface area contributed by atoms with Gasteiger partial charge in [-0.15, -0.1) is 0 Å². The number of amides is 2. The number of nitrogens with one attached hydrogen (secondary N) is 2. The van der Waals surface area contributed by atoms with Gasteiger partial charge in [0.25, 0.3) is 5.91 Å². The van der Waals surface area contributed by atoms with Crippen molar-refractivity contribution in [3.05, 3.63) is 71.4 Å². The number of halogens is 2. The van der Waals surface area contributed by atoms with E-state index in [4.69, 9.17) is 4.74 Å². The molecular weight excluding hydrogens is 500 g/mol. The Morgan fingerprint density at radius 3 is 2.54 bits per heavy atom. The Hall–Kier alpha value is -3.21. The molecule has 196 valence electrons. The Balaban J connectivity index is 1.35. The summed E-state index contributed by atoms with van der Waals surface area (Å²) >= 11 is 1.29. The van der Waals surface area contributed by atoms with Crippen molar-refractivity contribution in [1.29, 1.82) is 0 Å². The van der Waals surface area contributed by atoms with Gasteiger partial charge in [-0.05, 0) is 48.6 Å². The highest BCUT2D eigenvalue weighted by atomic mass is 32.1. The van der Waals surface area contributed by atoms with Gasteiger partial charge in [0.15, 0.2) is 11.2 Å². The maximum Gasteiger partial charge on any atom is 0.254 e. The van der Waals surface area contributed by atoms with Crippen LogP contribution in [-0.4, -0.2) is 34.1 Å². The second-order valence-electron chi connectivity index (χ2n) is 9.08. The zero-order valence-electron chi connectivity index (χ0n) is 20.4. The Morgan fingerprint density at radius 1 is 1.11 bits per heavy atom. The van der Waals surface area contributed by atoms with Gasteiger partial charge in [-0.1, -0.05) is 54.9 Å². The van der Waals surface area contributed by atoms with E-state index >= 15 is 0 Å². The van der Waals surface area contributed by atoms with Crippen LogP contribution < -0.4 is 10.6 Å². The van der Waals surface area contributed by atoms with Gasteiger partial charge in [0, 0.05) is 12.3 Å². The molecule has 3 aromatic rings. The molecule has 4 rings (SSSR count). The number of ether oxygens (including phenoxy) is 1. The van der Waals surface area contributed by atoms with E-state index in [0.717, 1.165) is 41.0 Å². The van der Waals surface area contributed by atoms with Crippen molar-refractivity contribution in [3.8, 4) is 10.4 Å². The molecule has 2 atom stereocenters. The summed E-state index contributed by atoms with van der Waals surface area (Å²) in [5.41, 5.74) is 1.76. The molecule has 0 unspecified atom stereocenters. The van der Waals surface area contributed by atoms with Crippen molar-refractivity contribution in [3.63, 3.8) is 0 Å². The number of hydrogen-bond acceptors (Lipinski definition) is 6. The van der Waals surface area contributed by atoms with Crippen molar-refractivity contribution in [2.75, 3.05) is 5.32 Å². The quantitative estimate of drug-likeness (QED) is 0.358. The number of thiazole rings is 1. The molecule has 0 bridgehead atoms. The summed E-state index contributed by atoms with van der Waals surface area (Å²) < 4.78 is 33.0. The average Bonchev–Trinajstić information content (AvgIpc) is 3.35. The van der Waals surface area contributed by atoms with Gasteiger partial charge in [-0.25, -0.2) is 13.8 Å². The van der Waals surface area contributed by atoms with E-state index in [2.05, 4.69) is 15.6 Å². The van der Waals surface area contributed by atoms with Crippen molar-refractivity contribution in [1.82, 2.24) is 10.3 Å². The fourth-order valence-electron chi connectivity index (χ4n) is 4.24. The number of aromatic nitrogens is 1. The Kier molecular flexibility index (Phi) is 8.96. The summed E-state index contributed by atoms with van der Waals surface area (Å²) in [6.07, 6.45) is 5.96. The predicted molar refractivity (Wildman–Crippen MR) is 137 cm³/mol. The first-order valence-corrected chi connectivity index (χ1v) is 13.0. The van der Waals surface area contributed by atoms with E-state index in [-0.39, 0.29) is 11.7 Å². The topological polar surface area (TPSA) is 101 Å².